The molecule has 0 saturated carbocycles. The van der Waals surface area contributed by atoms with Gasteiger partial charge in [-0.1, -0.05) is 0 Å². The Bertz CT molecular complexity index is 320. The van der Waals surface area contributed by atoms with Crippen molar-refractivity contribution in [3.8, 4) is 0 Å². The van der Waals surface area contributed by atoms with Gasteiger partial charge in [-0.25, -0.2) is 13.8 Å². The highest BCUT2D eigenvalue weighted by atomic mass is 127. The molecular weight excluding hydrogens is 357 g/mol. The molecule has 0 saturated heterocycles. The van der Waals surface area contributed by atoms with Crippen molar-refractivity contribution in [3.63, 3.8) is 0 Å². The highest BCUT2D eigenvalue weighted by molar-refractivity contribution is 14.1. The molecule has 0 aromatic carbocycles. The second-order valence-electron chi connectivity index (χ2n) is 2.30. The summed E-state index contributed by atoms with van der Waals surface area (Å²) in [5.41, 5.74) is 5.44. The zero-order valence-corrected chi connectivity index (χ0v) is 10.1. The normalized spacial score (nSPS) is 10.9. The second-order valence-corrected chi connectivity index (χ2v) is 4.18. The number of hydrogen-bond donors (Lipinski definition) is 1. The topological polar surface area (TPSA) is 38.9 Å². The molecule has 0 spiro atoms. The lowest BCUT2D eigenvalue weighted by Gasteiger charge is -2.07. The first-order valence-corrected chi connectivity index (χ1v) is 5.26. The Kier molecular flexibility index (Phi) is 3.99. The number of pyridine rings is 1. The molecule has 2 nitrogen and oxygen atoms in total. The van der Waals surface area contributed by atoms with Gasteiger partial charge in [-0.2, -0.15) is 0 Å². The molecule has 1 rings (SSSR count). The molecule has 0 aliphatic heterocycles. The van der Waals surface area contributed by atoms with E-state index in [0.29, 0.717) is 8.17 Å². The minimum atomic E-state index is -2.53. The van der Waals surface area contributed by atoms with Crippen LogP contribution >= 0.6 is 38.5 Å². The van der Waals surface area contributed by atoms with Gasteiger partial charge in [-0.3, -0.25) is 0 Å². The SMILES string of the molecule is NCc1nc(I)c(Br)cc1C(F)F. The average Bonchev–Trinajstić information content (AvgIpc) is 2.08. The van der Waals surface area contributed by atoms with Crippen LogP contribution < -0.4 is 5.73 Å². The van der Waals surface area contributed by atoms with Gasteiger partial charge in [-0.05, 0) is 44.6 Å². The Morgan fingerprint density at radius 3 is 2.69 bits per heavy atom. The average molecular weight is 363 g/mol. The smallest absolute Gasteiger partial charge is 0.265 e. The van der Waals surface area contributed by atoms with E-state index in [-0.39, 0.29) is 17.8 Å². The van der Waals surface area contributed by atoms with Crippen molar-refractivity contribution in [2.45, 2.75) is 13.0 Å². The van der Waals surface area contributed by atoms with Crippen LogP contribution in [0.25, 0.3) is 0 Å². The Balaban J connectivity index is 3.25. The second kappa shape index (κ2) is 4.61. The highest BCUT2D eigenvalue weighted by Gasteiger charge is 2.15. The van der Waals surface area contributed by atoms with Crippen molar-refractivity contribution in [1.29, 1.82) is 0 Å². The first kappa shape index (κ1) is 11.3. The molecule has 72 valence electrons. The van der Waals surface area contributed by atoms with Crippen molar-refractivity contribution in [3.05, 3.63) is 25.5 Å². The predicted molar refractivity (Wildman–Crippen MR) is 57.5 cm³/mol. The lowest BCUT2D eigenvalue weighted by molar-refractivity contribution is 0.149. The molecule has 1 aromatic rings. The quantitative estimate of drug-likeness (QED) is 0.649. The largest absolute Gasteiger partial charge is 0.325 e. The van der Waals surface area contributed by atoms with Gasteiger partial charge in [0.15, 0.2) is 0 Å². The summed E-state index contributed by atoms with van der Waals surface area (Å²) in [5, 5.41) is 0. The Hall–Kier alpha value is 0.180. The van der Waals surface area contributed by atoms with Gasteiger partial charge in [0.1, 0.15) is 3.70 Å². The van der Waals surface area contributed by atoms with Crippen LogP contribution in [0.1, 0.15) is 17.7 Å². The van der Waals surface area contributed by atoms with E-state index in [1.54, 1.807) is 0 Å². The summed E-state index contributed by atoms with van der Waals surface area (Å²) < 4.78 is 26.0. The van der Waals surface area contributed by atoms with E-state index in [9.17, 15) is 8.78 Å². The number of nitrogens with zero attached hydrogens (tertiary/aromatic N) is 1. The van der Waals surface area contributed by atoms with Gasteiger partial charge >= 0.3 is 0 Å². The lowest BCUT2D eigenvalue weighted by Crippen LogP contribution is -2.06. The van der Waals surface area contributed by atoms with Crippen molar-refractivity contribution < 1.29 is 8.78 Å². The summed E-state index contributed by atoms with van der Waals surface area (Å²) in [6.45, 7) is 0.0307. The molecule has 0 aliphatic rings. The Labute approximate surface area is 96.2 Å². The van der Waals surface area contributed by atoms with Crippen LogP contribution in [0, 0.1) is 3.70 Å². The molecule has 0 unspecified atom stereocenters. The van der Waals surface area contributed by atoms with Gasteiger partial charge in [0.25, 0.3) is 6.43 Å². The van der Waals surface area contributed by atoms with E-state index in [0.717, 1.165) is 0 Å². The van der Waals surface area contributed by atoms with E-state index in [1.165, 1.54) is 6.07 Å². The molecule has 6 heteroatoms. The first-order valence-electron chi connectivity index (χ1n) is 3.39. The third-order valence-electron chi connectivity index (χ3n) is 1.47. The zero-order valence-electron chi connectivity index (χ0n) is 6.40. The number of aromatic nitrogens is 1. The first-order chi connectivity index (χ1) is 6.06. The summed E-state index contributed by atoms with van der Waals surface area (Å²) in [6.07, 6.45) is -2.53. The van der Waals surface area contributed by atoms with Crippen LogP contribution in [0.2, 0.25) is 0 Å². The van der Waals surface area contributed by atoms with Gasteiger partial charge in [-0.15, -0.1) is 0 Å². The van der Waals surface area contributed by atoms with Crippen LogP contribution in [0.3, 0.4) is 0 Å². The van der Waals surface area contributed by atoms with Gasteiger partial charge in [0.2, 0.25) is 0 Å². The minimum Gasteiger partial charge on any atom is -0.325 e. The summed E-state index contributed by atoms with van der Waals surface area (Å²) in [4.78, 5) is 3.95. The fraction of sp³-hybridized carbons (Fsp3) is 0.286. The number of nitrogens with two attached hydrogens (primary N) is 1. The molecular formula is C7H6BrF2IN2. The van der Waals surface area contributed by atoms with Crippen molar-refractivity contribution in [1.82, 2.24) is 4.98 Å². The summed E-state index contributed by atoms with van der Waals surface area (Å²) >= 11 is 5.09. The standard InChI is InChI=1S/C7H6BrF2IN2/c8-4-1-3(6(9)10)5(2-12)13-7(4)11/h1,6H,2,12H2. The molecule has 2 N–H and O–H groups in total. The number of halogens is 4. The minimum absolute atomic E-state index is 0.0307. The Morgan fingerprint density at radius 2 is 2.23 bits per heavy atom. The highest BCUT2D eigenvalue weighted by Crippen LogP contribution is 2.27. The van der Waals surface area contributed by atoms with E-state index in [2.05, 4.69) is 20.9 Å². The van der Waals surface area contributed by atoms with E-state index < -0.39 is 6.43 Å². The summed E-state index contributed by atoms with van der Waals surface area (Å²) in [7, 11) is 0. The van der Waals surface area contributed by atoms with E-state index >= 15 is 0 Å². The number of hydrogen-bond acceptors (Lipinski definition) is 2. The zero-order chi connectivity index (χ0) is 10.0. The lowest BCUT2D eigenvalue weighted by atomic mass is 10.2. The molecule has 0 fully saturated rings. The molecule has 0 radical (unpaired) electrons. The van der Waals surface area contributed by atoms with Crippen LogP contribution in [-0.4, -0.2) is 4.98 Å². The molecule has 0 bridgehead atoms. The van der Waals surface area contributed by atoms with Crippen LogP contribution in [0.5, 0.6) is 0 Å². The van der Waals surface area contributed by atoms with Crippen molar-refractivity contribution >= 4 is 38.5 Å². The van der Waals surface area contributed by atoms with Crippen LogP contribution in [0.4, 0.5) is 8.78 Å². The molecule has 13 heavy (non-hydrogen) atoms. The van der Waals surface area contributed by atoms with Crippen molar-refractivity contribution in [2.24, 2.45) is 5.73 Å². The van der Waals surface area contributed by atoms with Gasteiger partial charge in [0.05, 0.1) is 5.69 Å². The molecule has 1 aromatic heterocycles. The van der Waals surface area contributed by atoms with E-state index in [1.807, 2.05) is 22.6 Å². The van der Waals surface area contributed by atoms with Crippen molar-refractivity contribution in [2.75, 3.05) is 0 Å². The van der Waals surface area contributed by atoms with Crippen LogP contribution in [0.15, 0.2) is 10.5 Å². The predicted octanol–water partition coefficient (Wildman–Crippen LogP) is 2.85. The number of rotatable bonds is 2. The van der Waals surface area contributed by atoms with Crippen LogP contribution in [-0.2, 0) is 6.54 Å². The molecule has 0 atom stereocenters. The third kappa shape index (κ3) is 2.57. The van der Waals surface area contributed by atoms with E-state index in [4.69, 9.17) is 5.73 Å². The fourth-order valence-corrected chi connectivity index (χ4v) is 1.65. The molecule has 0 aliphatic carbocycles. The summed E-state index contributed by atoms with van der Waals surface area (Å²) in [6, 6.07) is 1.36. The number of alkyl halides is 2. The maximum atomic E-state index is 12.4. The third-order valence-corrected chi connectivity index (χ3v) is 3.64. The maximum Gasteiger partial charge on any atom is 0.265 e. The summed E-state index contributed by atoms with van der Waals surface area (Å²) in [5.74, 6) is 0. The molecule has 0 amide bonds. The fourth-order valence-electron chi connectivity index (χ4n) is 0.868. The Morgan fingerprint density at radius 1 is 1.62 bits per heavy atom. The maximum absolute atomic E-state index is 12.4. The van der Waals surface area contributed by atoms with Gasteiger partial charge in [0, 0.05) is 16.6 Å². The molecule has 1 heterocycles. The van der Waals surface area contributed by atoms with Gasteiger partial charge < -0.3 is 5.73 Å². The monoisotopic (exact) mass is 362 g/mol.